The largest absolute Gasteiger partial charge is 0.496 e. The summed E-state index contributed by atoms with van der Waals surface area (Å²) in [6, 6.07) is 18.5. The Morgan fingerprint density at radius 1 is 1.23 bits per heavy atom. The molecule has 0 aliphatic rings. The first-order chi connectivity index (χ1) is 14.7. The summed E-state index contributed by atoms with van der Waals surface area (Å²) < 4.78 is 7.18. The first kappa shape index (κ1) is 19.5. The van der Waals surface area contributed by atoms with Gasteiger partial charge in [-0.15, -0.1) is 0 Å². The van der Waals surface area contributed by atoms with E-state index in [1.165, 1.54) is 11.8 Å². The van der Waals surface area contributed by atoms with Crippen molar-refractivity contribution in [2.24, 2.45) is 0 Å². The van der Waals surface area contributed by atoms with Gasteiger partial charge in [-0.2, -0.15) is 10.4 Å². The number of carbonyl (C=O) groups excluding carboxylic acids is 1. The number of ether oxygens (including phenoxy) is 1. The molecule has 0 saturated carbocycles. The average molecular weight is 415 g/mol. The molecule has 8 heteroatoms. The summed E-state index contributed by atoms with van der Waals surface area (Å²) in [6.45, 7) is 0. The lowest BCUT2D eigenvalue weighted by molar-refractivity contribution is -0.113. The van der Waals surface area contributed by atoms with E-state index in [-0.39, 0.29) is 11.7 Å². The van der Waals surface area contributed by atoms with Crippen molar-refractivity contribution < 1.29 is 9.53 Å². The lowest BCUT2D eigenvalue weighted by atomic mass is 10.1. The number of para-hydroxylation sites is 1. The first-order valence-electron chi connectivity index (χ1n) is 9.08. The molecule has 2 heterocycles. The Bertz CT molecular complexity index is 1260. The smallest absolute Gasteiger partial charge is 0.234 e. The van der Waals surface area contributed by atoms with Crippen LogP contribution in [0.1, 0.15) is 5.56 Å². The van der Waals surface area contributed by atoms with Crippen molar-refractivity contribution in [3.05, 3.63) is 72.6 Å². The second kappa shape index (κ2) is 8.68. The van der Waals surface area contributed by atoms with Crippen molar-refractivity contribution in [1.82, 2.24) is 14.6 Å². The molecule has 148 valence electrons. The number of anilines is 1. The highest BCUT2D eigenvalue weighted by Gasteiger charge is 2.14. The van der Waals surface area contributed by atoms with E-state index in [0.29, 0.717) is 16.3 Å². The van der Waals surface area contributed by atoms with Crippen molar-refractivity contribution in [2.45, 2.75) is 5.03 Å². The molecule has 0 bridgehead atoms. The van der Waals surface area contributed by atoms with Gasteiger partial charge in [0.2, 0.25) is 5.91 Å². The summed E-state index contributed by atoms with van der Waals surface area (Å²) in [5.41, 5.74) is 3.54. The average Bonchev–Trinajstić information content (AvgIpc) is 3.22. The van der Waals surface area contributed by atoms with E-state index in [9.17, 15) is 4.79 Å². The van der Waals surface area contributed by atoms with Crippen LogP contribution in [0.3, 0.4) is 0 Å². The molecule has 0 spiro atoms. The number of carbonyl (C=O) groups is 1. The van der Waals surface area contributed by atoms with Crippen molar-refractivity contribution >= 4 is 28.9 Å². The van der Waals surface area contributed by atoms with Gasteiger partial charge >= 0.3 is 0 Å². The molecule has 0 radical (unpaired) electrons. The molecular weight excluding hydrogens is 398 g/mol. The molecule has 0 atom stereocenters. The predicted octanol–water partition coefficient (Wildman–Crippen LogP) is 4.01. The SMILES string of the molecule is COc1ccccc1-c1cc2c(SCC(=O)Nc3cccc(C#N)c3)nccn2n1. The van der Waals surface area contributed by atoms with Gasteiger partial charge in [0.05, 0.1) is 35.7 Å². The van der Waals surface area contributed by atoms with Crippen LogP contribution >= 0.6 is 11.8 Å². The molecule has 4 rings (SSSR count). The van der Waals surface area contributed by atoms with Crippen molar-refractivity contribution in [1.29, 1.82) is 5.26 Å². The van der Waals surface area contributed by atoms with Gasteiger partial charge in [-0.1, -0.05) is 30.0 Å². The Balaban J connectivity index is 1.52. The monoisotopic (exact) mass is 415 g/mol. The summed E-state index contributed by atoms with van der Waals surface area (Å²) in [5.74, 6) is 0.740. The van der Waals surface area contributed by atoms with Crippen LogP contribution in [0.15, 0.2) is 72.0 Å². The van der Waals surface area contributed by atoms with Crippen LogP contribution in [0.4, 0.5) is 5.69 Å². The molecule has 1 amide bonds. The number of rotatable bonds is 6. The standard InChI is InChI=1S/C22H17N5O2S/c1-29-20-8-3-2-7-17(20)18-12-19-22(24-9-10-27(19)26-18)30-14-21(28)25-16-6-4-5-15(11-16)13-23/h2-12H,14H2,1H3,(H,25,28). The lowest BCUT2D eigenvalue weighted by Crippen LogP contribution is -2.14. The third-order valence-electron chi connectivity index (χ3n) is 4.35. The predicted molar refractivity (Wildman–Crippen MR) is 115 cm³/mol. The van der Waals surface area contributed by atoms with Crippen LogP contribution in [-0.2, 0) is 4.79 Å². The zero-order valence-corrected chi connectivity index (χ0v) is 16.9. The van der Waals surface area contributed by atoms with Crippen LogP contribution in [0, 0.1) is 11.3 Å². The van der Waals surface area contributed by atoms with Gasteiger partial charge in [0.1, 0.15) is 10.8 Å². The van der Waals surface area contributed by atoms with Gasteiger partial charge in [0.25, 0.3) is 0 Å². The maximum atomic E-state index is 12.4. The highest BCUT2D eigenvalue weighted by atomic mass is 32.2. The fourth-order valence-corrected chi connectivity index (χ4v) is 3.77. The fraction of sp³-hybridized carbons (Fsp3) is 0.0909. The minimum atomic E-state index is -0.177. The van der Waals surface area contributed by atoms with Crippen LogP contribution in [-0.4, -0.2) is 33.4 Å². The third-order valence-corrected chi connectivity index (χ3v) is 5.35. The van der Waals surface area contributed by atoms with E-state index >= 15 is 0 Å². The number of benzene rings is 2. The Morgan fingerprint density at radius 3 is 2.93 bits per heavy atom. The lowest BCUT2D eigenvalue weighted by Gasteiger charge is -2.05. The number of aromatic nitrogens is 3. The third kappa shape index (κ3) is 4.11. The van der Waals surface area contributed by atoms with Crippen molar-refractivity contribution in [3.8, 4) is 23.1 Å². The molecule has 0 aliphatic heterocycles. The number of hydrogen-bond donors (Lipinski definition) is 1. The quantitative estimate of drug-likeness (QED) is 0.479. The molecule has 2 aromatic heterocycles. The number of hydrogen-bond acceptors (Lipinski definition) is 6. The van der Waals surface area contributed by atoms with E-state index in [2.05, 4.69) is 21.5 Å². The molecule has 7 nitrogen and oxygen atoms in total. The van der Waals surface area contributed by atoms with E-state index in [0.717, 1.165) is 22.5 Å². The van der Waals surface area contributed by atoms with E-state index in [1.54, 1.807) is 48.3 Å². The second-order valence-corrected chi connectivity index (χ2v) is 7.29. The topological polar surface area (TPSA) is 92.3 Å². The van der Waals surface area contributed by atoms with E-state index in [4.69, 9.17) is 10.00 Å². The first-order valence-corrected chi connectivity index (χ1v) is 10.1. The Labute approximate surface area is 177 Å². The molecule has 0 aliphatic carbocycles. The van der Waals surface area contributed by atoms with Crippen LogP contribution in [0.2, 0.25) is 0 Å². The van der Waals surface area contributed by atoms with E-state index in [1.807, 2.05) is 30.3 Å². The summed E-state index contributed by atoms with van der Waals surface area (Å²) >= 11 is 1.33. The highest BCUT2D eigenvalue weighted by Crippen LogP contribution is 2.31. The molecule has 30 heavy (non-hydrogen) atoms. The zero-order chi connectivity index (χ0) is 20.9. The maximum absolute atomic E-state index is 12.4. The second-order valence-electron chi connectivity index (χ2n) is 6.32. The molecule has 4 aromatic rings. The Hall–Kier alpha value is -3.83. The van der Waals surface area contributed by atoms with Crippen LogP contribution in [0.25, 0.3) is 16.8 Å². The highest BCUT2D eigenvalue weighted by molar-refractivity contribution is 8.00. The number of amides is 1. The summed E-state index contributed by atoms with van der Waals surface area (Å²) in [5, 5.41) is 17.1. The van der Waals surface area contributed by atoms with Gasteiger partial charge in [-0.3, -0.25) is 4.79 Å². The van der Waals surface area contributed by atoms with Gasteiger partial charge in [0.15, 0.2) is 0 Å². The molecule has 0 unspecified atom stereocenters. The molecular formula is C22H17N5O2S. The Kier molecular flexibility index (Phi) is 5.63. The summed E-state index contributed by atoms with van der Waals surface area (Å²) in [4.78, 5) is 16.8. The van der Waals surface area contributed by atoms with Gasteiger partial charge in [0, 0.05) is 23.6 Å². The van der Waals surface area contributed by atoms with Crippen LogP contribution in [0.5, 0.6) is 5.75 Å². The van der Waals surface area contributed by atoms with Crippen LogP contribution < -0.4 is 10.1 Å². The van der Waals surface area contributed by atoms with Gasteiger partial charge in [-0.25, -0.2) is 9.50 Å². The number of nitriles is 1. The summed E-state index contributed by atoms with van der Waals surface area (Å²) in [7, 11) is 1.63. The minimum absolute atomic E-state index is 0.177. The maximum Gasteiger partial charge on any atom is 0.234 e. The molecule has 2 aromatic carbocycles. The number of methoxy groups -OCH3 is 1. The van der Waals surface area contributed by atoms with Gasteiger partial charge < -0.3 is 10.1 Å². The van der Waals surface area contributed by atoms with Gasteiger partial charge in [-0.05, 0) is 36.4 Å². The Morgan fingerprint density at radius 2 is 2.10 bits per heavy atom. The number of nitrogens with zero attached hydrogens (tertiary/aromatic N) is 4. The molecule has 0 fully saturated rings. The molecule has 0 saturated heterocycles. The minimum Gasteiger partial charge on any atom is -0.496 e. The molecule has 1 N–H and O–H groups in total. The zero-order valence-electron chi connectivity index (χ0n) is 16.1. The van der Waals surface area contributed by atoms with Crippen molar-refractivity contribution in [2.75, 3.05) is 18.2 Å². The van der Waals surface area contributed by atoms with E-state index < -0.39 is 0 Å². The number of fused-ring (bicyclic) bond motifs is 1. The number of thioether (sulfide) groups is 1. The summed E-state index contributed by atoms with van der Waals surface area (Å²) in [6.07, 6.45) is 3.43. The van der Waals surface area contributed by atoms with Crippen molar-refractivity contribution in [3.63, 3.8) is 0 Å². The number of nitrogens with one attached hydrogen (secondary N) is 1. The normalized spacial score (nSPS) is 10.5. The fourth-order valence-electron chi connectivity index (χ4n) is 2.99.